The molecule has 1 aromatic rings. The van der Waals surface area contributed by atoms with Crippen LogP contribution in [0.2, 0.25) is 0 Å². The summed E-state index contributed by atoms with van der Waals surface area (Å²) in [5.41, 5.74) is 0.557. The summed E-state index contributed by atoms with van der Waals surface area (Å²) in [5.74, 6) is 1.46. The van der Waals surface area contributed by atoms with E-state index in [0.717, 1.165) is 41.5 Å². The van der Waals surface area contributed by atoms with E-state index in [1.165, 1.54) is 12.8 Å². The molecule has 0 bridgehead atoms. The van der Waals surface area contributed by atoms with Gasteiger partial charge in [0.2, 0.25) is 6.08 Å². The van der Waals surface area contributed by atoms with Crippen molar-refractivity contribution in [2.75, 3.05) is 7.11 Å². The normalized spacial score (nSPS) is 19.9. The second kappa shape index (κ2) is 5.82. The Hall–Kier alpha value is -1.32. The average molecular weight is 352 g/mol. The molecular weight excluding hydrogens is 334 g/mol. The largest absolute Gasteiger partial charge is 0.493 e. The van der Waals surface area contributed by atoms with Crippen molar-refractivity contribution in [3.8, 4) is 11.5 Å². The lowest BCUT2D eigenvalue weighted by Gasteiger charge is -2.19. The number of aliphatic imine (C=N–C) groups is 1. The predicted molar refractivity (Wildman–Crippen MR) is 82.6 cm³/mol. The number of hydrogen-bond donors (Lipinski definition) is 0. The smallest absolute Gasteiger partial charge is 0.235 e. The Morgan fingerprint density at radius 1 is 1.29 bits per heavy atom. The number of methoxy groups -OCH3 is 1. The molecule has 0 amide bonds. The standard InChI is InChI=1S/C16H18BrNO3/c1-20-14-8-12(16(6-7-16)18-10-19)13(17)9-15(14)21-11-4-2-3-5-11/h8-9,11H,2-7H2,1H3. The summed E-state index contributed by atoms with van der Waals surface area (Å²) < 4.78 is 12.4. The minimum absolute atomic E-state index is 0.277. The zero-order valence-electron chi connectivity index (χ0n) is 12.0. The number of isocyanates is 1. The summed E-state index contributed by atoms with van der Waals surface area (Å²) in [6.07, 6.45) is 8.35. The van der Waals surface area contributed by atoms with Crippen LogP contribution in [0.25, 0.3) is 0 Å². The van der Waals surface area contributed by atoms with Crippen LogP contribution in [-0.4, -0.2) is 19.3 Å². The van der Waals surface area contributed by atoms with Gasteiger partial charge in [0.25, 0.3) is 0 Å². The van der Waals surface area contributed by atoms with Crippen molar-refractivity contribution in [3.63, 3.8) is 0 Å². The SMILES string of the molecule is COc1cc(C2(N=C=O)CC2)c(Br)cc1OC1CCCC1. The highest BCUT2D eigenvalue weighted by atomic mass is 79.9. The summed E-state index contributed by atoms with van der Waals surface area (Å²) >= 11 is 3.58. The monoisotopic (exact) mass is 351 g/mol. The van der Waals surface area contributed by atoms with Gasteiger partial charge < -0.3 is 9.47 Å². The van der Waals surface area contributed by atoms with Gasteiger partial charge >= 0.3 is 0 Å². The average Bonchev–Trinajstić information content (AvgIpc) is 3.06. The van der Waals surface area contributed by atoms with E-state index in [4.69, 9.17) is 9.47 Å². The molecule has 2 aliphatic rings. The number of hydrogen-bond acceptors (Lipinski definition) is 4. The third-order valence-corrected chi connectivity index (χ3v) is 4.99. The first kappa shape index (κ1) is 14.6. The molecule has 0 heterocycles. The van der Waals surface area contributed by atoms with E-state index >= 15 is 0 Å². The Balaban J connectivity index is 1.92. The van der Waals surface area contributed by atoms with E-state index in [-0.39, 0.29) is 6.10 Å². The highest BCUT2D eigenvalue weighted by Crippen LogP contribution is 2.53. The zero-order valence-corrected chi connectivity index (χ0v) is 13.6. The molecule has 0 N–H and O–H groups in total. The summed E-state index contributed by atoms with van der Waals surface area (Å²) in [6.45, 7) is 0. The van der Waals surface area contributed by atoms with Gasteiger partial charge in [0.15, 0.2) is 11.5 Å². The molecule has 0 aromatic heterocycles. The fourth-order valence-electron chi connectivity index (χ4n) is 2.98. The van der Waals surface area contributed by atoms with Gasteiger partial charge in [-0.2, -0.15) is 4.99 Å². The first-order valence-electron chi connectivity index (χ1n) is 7.32. The van der Waals surface area contributed by atoms with Crippen LogP contribution in [0, 0.1) is 0 Å². The molecular formula is C16H18BrNO3. The van der Waals surface area contributed by atoms with E-state index in [2.05, 4.69) is 20.9 Å². The van der Waals surface area contributed by atoms with Gasteiger partial charge in [0.1, 0.15) is 0 Å². The first-order valence-corrected chi connectivity index (χ1v) is 8.11. The van der Waals surface area contributed by atoms with Gasteiger partial charge in [-0.3, -0.25) is 0 Å². The van der Waals surface area contributed by atoms with Gasteiger partial charge in [-0.15, -0.1) is 0 Å². The van der Waals surface area contributed by atoms with Crippen LogP contribution >= 0.6 is 15.9 Å². The Bertz CT molecular complexity index is 585. The van der Waals surface area contributed by atoms with Crippen LogP contribution in [0.1, 0.15) is 44.1 Å². The minimum atomic E-state index is -0.417. The summed E-state index contributed by atoms with van der Waals surface area (Å²) in [4.78, 5) is 14.6. The van der Waals surface area contributed by atoms with E-state index in [0.29, 0.717) is 5.75 Å². The van der Waals surface area contributed by atoms with Crippen LogP contribution in [0.4, 0.5) is 0 Å². The number of ether oxygens (including phenoxy) is 2. The van der Waals surface area contributed by atoms with Crippen LogP contribution in [-0.2, 0) is 10.3 Å². The Labute approximate surface area is 132 Å². The van der Waals surface area contributed by atoms with Gasteiger partial charge in [0.05, 0.1) is 18.8 Å². The van der Waals surface area contributed by atoms with E-state index in [9.17, 15) is 4.79 Å². The fourth-order valence-corrected chi connectivity index (χ4v) is 3.67. The number of rotatable bonds is 5. The van der Waals surface area contributed by atoms with E-state index < -0.39 is 5.54 Å². The minimum Gasteiger partial charge on any atom is -0.493 e. The lowest BCUT2D eigenvalue weighted by atomic mass is 10.0. The summed E-state index contributed by atoms with van der Waals surface area (Å²) in [7, 11) is 1.64. The van der Waals surface area contributed by atoms with Crippen LogP contribution < -0.4 is 9.47 Å². The first-order chi connectivity index (χ1) is 10.2. The maximum Gasteiger partial charge on any atom is 0.235 e. The van der Waals surface area contributed by atoms with Crippen LogP contribution in [0.15, 0.2) is 21.6 Å². The topological polar surface area (TPSA) is 47.9 Å². The molecule has 112 valence electrons. The maximum absolute atomic E-state index is 10.6. The Kier molecular flexibility index (Phi) is 4.05. The molecule has 0 atom stereocenters. The third-order valence-electron chi connectivity index (χ3n) is 4.33. The molecule has 2 aliphatic carbocycles. The Morgan fingerprint density at radius 2 is 2.00 bits per heavy atom. The lowest BCUT2D eigenvalue weighted by molar-refractivity contribution is 0.200. The van der Waals surface area contributed by atoms with Crippen molar-refractivity contribution >= 4 is 22.0 Å². The molecule has 21 heavy (non-hydrogen) atoms. The number of benzene rings is 1. The fraction of sp³-hybridized carbons (Fsp3) is 0.562. The molecule has 0 unspecified atom stereocenters. The molecule has 2 fully saturated rings. The van der Waals surface area contributed by atoms with Crippen LogP contribution in [0.3, 0.4) is 0 Å². The highest BCUT2D eigenvalue weighted by molar-refractivity contribution is 9.10. The molecule has 2 saturated carbocycles. The van der Waals surface area contributed by atoms with E-state index in [1.54, 1.807) is 13.2 Å². The third kappa shape index (κ3) is 2.85. The number of halogens is 1. The van der Waals surface area contributed by atoms with Crippen molar-refractivity contribution in [1.29, 1.82) is 0 Å². The van der Waals surface area contributed by atoms with Crippen molar-refractivity contribution in [2.24, 2.45) is 4.99 Å². The van der Waals surface area contributed by atoms with Crippen molar-refractivity contribution in [2.45, 2.75) is 50.2 Å². The van der Waals surface area contributed by atoms with Gasteiger partial charge in [-0.05, 0) is 56.2 Å². The van der Waals surface area contributed by atoms with Gasteiger partial charge in [-0.25, -0.2) is 4.79 Å². The molecule has 4 nitrogen and oxygen atoms in total. The predicted octanol–water partition coefficient (Wildman–Crippen LogP) is 4.10. The second-order valence-electron chi connectivity index (χ2n) is 5.74. The summed E-state index contributed by atoms with van der Waals surface area (Å²) in [5, 5.41) is 0. The number of carbonyl (C=O) groups excluding carboxylic acids is 1. The quantitative estimate of drug-likeness (QED) is 0.592. The molecule has 0 radical (unpaired) electrons. The number of nitrogens with zero attached hydrogens (tertiary/aromatic N) is 1. The van der Waals surface area contributed by atoms with Crippen molar-refractivity contribution in [3.05, 3.63) is 22.2 Å². The molecule has 5 heteroatoms. The molecule has 1 aromatic carbocycles. The highest BCUT2D eigenvalue weighted by Gasteiger charge is 2.46. The van der Waals surface area contributed by atoms with Gasteiger partial charge in [0, 0.05) is 4.47 Å². The zero-order chi connectivity index (χ0) is 14.9. The van der Waals surface area contributed by atoms with Gasteiger partial charge in [-0.1, -0.05) is 15.9 Å². The Morgan fingerprint density at radius 3 is 2.57 bits per heavy atom. The van der Waals surface area contributed by atoms with Crippen molar-refractivity contribution < 1.29 is 14.3 Å². The van der Waals surface area contributed by atoms with Crippen LogP contribution in [0.5, 0.6) is 11.5 Å². The molecule has 3 rings (SSSR count). The van der Waals surface area contributed by atoms with Crippen molar-refractivity contribution in [1.82, 2.24) is 0 Å². The lowest BCUT2D eigenvalue weighted by Crippen LogP contribution is -2.12. The summed E-state index contributed by atoms with van der Waals surface area (Å²) in [6, 6.07) is 3.87. The molecule has 0 aliphatic heterocycles. The second-order valence-corrected chi connectivity index (χ2v) is 6.60. The maximum atomic E-state index is 10.6. The molecule has 0 spiro atoms. The molecule has 0 saturated heterocycles. The van der Waals surface area contributed by atoms with E-state index in [1.807, 2.05) is 12.1 Å².